The first kappa shape index (κ1) is 73.3. The standard InChI is InChI=1S/C60H46N2.C57H40N2/c1-60(2,3)45-34-30-42(31-35-45)41-26-28-43(29-27-41)58-51-21-10-12-23-53(51)59(54-24-13-11-22-52(54)58)44-32-36-48(37-33-44)62-56-25-15-14-20-50(56)55-40-49(38-39-57(55)62)61(46-16-6-4-7-17-46)47-18-8-5-9-19-47;1-39-16-8-9-21-47(39)40-28-30-41(31-29-40)56-49-23-10-12-25-51(49)57(52-26-13-11-24-50(52)56)42-32-34-45(35-33-42)59-54-27-15-14-22-48(54)53-38-46(36-37-55(53)59)58(43-17-4-2-5-18-43)44-19-6-3-7-20-44/h4-40H,1-3H3;2-38H,1H3. The van der Waals surface area contributed by atoms with Gasteiger partial charge in [-0.1, -0.05) is 348 Å². The summed E-state index contributed by atoms with van der Waals surface area (Å²) in [5, 5.41) is 14.9. The first-order chi connectivity index (χ1) is 59.6. The molecule has 121 heavy (non-hydrogen) atoms. The summed E-state index contributed by atoms with van der Waals surface area (Å²) in [6.45, 7) is 8.97. The van der Waals surface area contributed by atoms with Crippen molar-refractivity contribution < 1.29 is 0 Å². The number of benzene rings is 20. The van der Waals surface area contributed by atoms with Crippen molar-refractivity contribution in [2.75, 3.05) is 9.80 Å². The second kappa shape index (κ2) is 30.9. The van der Waals surface area contributed by atoms with Gasteiger partial charge < -0.3 is 18.9 Å². The number of nitrogens with zero attached hydrogens (tertiary/aromatic N) is 4. The second-order valence-corrected chi connectivity index (χ2v) is 32.7. The van der Waals surface area contributed by atoms with E-state index < -0.39 is 0 Å². The number of aromatic nitrogens is 2. The maximum Gasteiger partial charge on any atom is 0.0542 e. The number of hydrogen-bond donors (Lipinski definition) is 0. The third-order valence-corrected chi connectivity index (χ3v) is 24.5. The molecule has 4 nitrogen and oxygen atoms in total. The topological polar surface area (TPSA) is 16.3 Å². The molecule has 22 rings (SSSR count). The molecule has 22 aromatic rings. The second-order valence-electron chi connectivity index (χ2n) is 32.7. The van der Waals surface area contributed by atoms with Crippen molar-refractivity contribution in [3.05, 3.63) is 460 Å². The van der Waals surface area contributed by atoms with Gasteiger partial charge in [0.1, 0.15) is 0 Å². The average molecular weight is 1550 g/mol. The van der Waals surface area contributed by atoms with Crippen LogP contribution in [0.25, 0.3) is 165 Å². The van der Waals surface area contributed by atoms with Crippen molar-refractivity contribution in [3.63, 3.8) is 0 Å². The van der Waals surface area contributed by atoms with Gasteiger partial charge in [-0.25, -0.2) is 0 Å². The van der Waals surface area contributed by atoms with Gasteiger partial charge >= 0.3 is 0 Å². The Bertz CT molecular complexity index is 7420. The summed E-state index contributed by atoms with van der Waals surface area (Å²) in [4.78, 5) is 4.67. The highest BCUT2D eigenvalue weighted by molar-refractivity contribution is 6.23. The van der Waals surface area contributed by atoms with E-state index >= 15 is 0 Å². The summed E-state index contributed by atoms with van der Waals surface area (Å²) in [5.74, 6) is 0. The third kappa shape index (κ3) is 13.3. The molecule has 0 unspecified atom stereocenters. The molecule has 0 radical (unpaired) electrons. The van der Waals surface area contributed by atoms with Gasteiger partial charge in [0.15, 0.2) is 0 Å². The number of fused-ring (bicyclic) bond motifs is 10. The summed E-state index contributed by atoms with van der Waals surface area (Å²) < 4.78 is 4.82. The summed E-state index contributed by atoms with van der Waals surface area (Å²) in [6.07, 6.45) is 0. The third-order valence-electron chi connectivity index (χ3n) is 24.5. The Morgan fingerprint density at radius 3 is 0.752 bits per heavy atom. The van der Waals surface area contributed by atoms with Gasteiger partial charge in [0, 0.05) is 67.0 Å². The zero-order chi connectivity index (χ0) is 81.1. The van der Waals surface area contributed by atoms with Crippen LogP contribution in [-0.2, 0) is 5.41 Å². The van der Waals surface area contributed by atoms with E-state index in [-0.39, 0.29) is 5.41 Å². The first-order valence-corrected chi connectivity index (χ1v) is 42.0. The Balaban J connectivity index is 0.000000150. The summed E-state index contributed by atoms with van der Waals surface area (Å²) >= 11 is 0. The molecule has 20 aromatic carbocycles. The predicted molar refractivity (Wildman–Crippen MR) is 517 cm³/mol. The van der Waals surface area contributed by atoms with E-state index in [1.165, 1.54) is 165 Å². The highest BCUT2D eigenvalue weighted by Gasteiger charge is 2.24. The van der Waals surface area contributed by atoms with Crippen LogP contribution in [0.3, 0.4) is 0 Å². The van der Waals surface area contributed by atoms with Crippen LogP contribution >= 0.6 is 0 Å². The van der Waals surface area contributed by atoms with Crippen molar-refractivity contribution in [2.45, 2.75) is 33.1 Å². The van der Waals surface area contributed by atoms with Gasteiger partial charge in [-0.15, -0.1) is 0 Å². The van der Waals surface area contributed by atoms with E-state index in [9.17, 15) is 0 Å². The SMILES string of the molecule is CC(C)(C)c1ccc(-c2ccc(-c3c4ccccc4c(-c4ccc(-n5c6ccccc6c6cc(N(c7ccccc7)c7ccccc7)ccc65)cc4)c4ccccc34)cc2)cc1.Cc1ccccc1-c1ccc(-c2c3ccccc3c(-c3ccc(-n4c5ccccc5c5cc(N(c6ccccc6)c6ccccc6)ccc54)cc3)c3ccccc23)cc1. The molecule has 0 fully saturated rings. The van der Waals surface area contributed by atoms with Gasteiger partial charge in [-0.3, -0.25) is 0 Å². The lowest BCUT2D eigenvalue weighted by atomic mass is 9.85. The van der Waals surface area contributed by atoms with Crippen molar-refractivity contribution in [2.24, 2.45) is 0 Å². The molecule has 0 aliphatic carbocycles. The minimum absolute atomic E-state index is 0.130. The molecule has 0 spiro atoms. The van der Waals surface area contributed by atoms with Crippen molar-refractivity contribution in [1.29, 1.82) is 0 Å². The van der Waals surface area contributed by atoms with Crippen molar-refractivity contribution >= 4 is 121 Å². The maximum atomic E-state index is 2.41. The average Bonchev–Trinajstić information content (AvgIpc) is 1.61. The molecule has 0 saturated heterocycles. The molecular weight excluding hydrogens is 1460 g/mol. The summed E-state index contributed by atoms with van der Waals surface area (Å²) in [5.41, 5.74) is 31.4. The van der Waals surface area contributed by atoms with Crippen LogP contribution in [0.5, 0.6) is 0 Å². The number of para-hydroxylation sites is 6. The van der Waals surface area contributed by atoms with E-state index in [0.29, 0.717) is 0 Å². The fourth-order valence-corrected chi connectivity index (χ4v) is 18.7. The first-order valence-electron chi connectivity index (χ1n) is 42.0. The van der Waals surface area contributed by atoms with Crippen LogP contribution in [0.1, 0.15) is 31.9 Å². The monoisotopic (exact) mass is 1550 g/mol. The van der Waals surface area contributed by atoms with E-state index in [2.05, 4.69) is 496 Å². The van der Waals surface area contributed by atoms with Crippen LogP contribution in [0.15, 0.2) is 449 Å². The van der Waals surface area contributed by atoms with Gasteiger partial charge in [0.2, 0.25) is 0 Å². The quantitative estimate of drug-likeness (QED) is 0.101. The Morgan fingerprint density at radius 2 is 0.438 bits per heavy atom. The van der Waals surface area contributed by atoms with E-state index in [1.54, 1.807) is 0 Å². The Kier molecular flexibility index (Phi) is 18.7. The molecule has 0 saturated carbocycles. The Hall–Kier alpha value is -15.4. The van der Waals surface area contributed by atoms with Crippen LogP contribution in [0.2, 0.25) is 0 Å². The molecule has 0 bridgehead atoms. The molecule has 574 valence electrons. The normalized spacial score (nSPS) is 11.6. The molecule has 2 heterocycles. The number of hydrogen-bond acceptors (Lipinski definition) is 2. The fourth-order valence-electron chi connectivity index (χ4n) is 18.7. The van der Waals surface area contributed by atoms with Gasteiger partial charge in [0.05, 0.1) is 22.1 Å². The van der Waals surface area contributed by atoms with Gasteiger partial charge in [-0.05, 0) is 255 Å². The maximum absolute atomic E-state index is 2.41. The predicted octanol–water partition coefficient (Wildman–Crippen LogP) is 32.7. The summed E-state index contributed by atoms with van der Waals surface area (Å²) in [6, 6.07) is 164. The highest BCUT2D eigenvalue weighted by atomic mass is 15.1. The highest BCUT2D eigenvalue weighted by Crippen LogP contribution is 2.49. The van der Waals surface area contributed by atoms with Crippen LogP contribution in [0, 0.1) is 6.92 Å². The minimum Gasteiger partial charge on any atom is -0.310 e. The van der Waals surface area contributed by atoms with Crippen molar-refractivity contribution in [1.82, 2.24) is 9.13 Å². The largest absolute Gasteiger partial charge is 0.310 e. The van der Waals surface area contributed by atoms with E-state index in [0.717, 1.165) is 45.5 Å². The lowest BCUT2D eigenvalue weighted by Crippen LogP contribution is -2.10. The smallest absolute Gasteiger partial charge is 0.0542 e. The number of aryl methyl sites for hydroxylation is 1. The summed E-state index contributed by atoms with van der Waals surface area (Å²) in [7, 11) is 0. The van der Waals surface area contributed by atoms with Gasteiger partial charge in [-0.2, -0.15) is 0 Å². The zero-order valence-electron chi connectivity index (χ0n) is 68.0. The van der Waals surface area contributed by atoms with Crippen LogP contribution < -0.4 is 9.80 Å². The molecule has 4 heteroatoms. The molecule has 0 amide bonds. The van der Waals surface area contributed by atoms with E-state index in [4.69, 9.17) is 0 Å². The lowest BCUT2D eigenvalue weighted by molar-refractivity contribution is 0.590. The molecule has 0 aliphatic rings. The fraction of sp³-hybridized carbons (Fsp3) is 0.0427. The zero-order valence-corrected chi connectivity index (χ0v) is 68.0. The Morgan fingerprint density at radius 1 is 0.190 bits per heavy atom. The molecule has 2 aromatic heterocycles. The number of anilines is 6. The van der Waals surface area contributed by atoms with E-state index in [1.807, 2.05) is 0 Å². The molecular formula is C117H86N4. The minimum atomic E-state index is 0.130. The molecule has 0 N–H and O–H groups in total. The molecule has 0 atom stereocenters. The molecule has 0 aliphatic heterocycles. The lowest BCUT2D eigenvalue weighted by Gasteiger charge is -2.25. The van der Waals surface area contributed by atoms with Crippen LogP contribution in [-0.4, -0.2) is 9.13 Å². The number of rotatable bonds is 14. The van der Waals surface area contributed by atoms with Crippen LogP contribution in [0.4, 0.5) is 34.1 Å². The van der Waals surface area contributed by atoms with Gasteiger partial charge in [0.25, 0.3) is 0 Å². The Labute approximate surface area is 706 Å². The van der Waals surface area contributed by atoms with Crippen molar-refractivity contribution in [3.8, 4) is 78.1 Å².